The van der Waals surface area contributed by atoms with Gasteiger partial charge in [0, 0.05) is 11.5 Å². The van der Waals surface area contributed by atoms with Gasteiger partial charge in [0.05, 0.1) is 24.8 Å². The van der Waals surface area contributed by atoms with Crippen molar-refractivity contribution in [1.29, 1.82) is 0 Å². The fraction of sp³-hybridized carbons (Fsp3) is 0.333. The molecule has 3 N–H and O–H groups in total. The molecule has 2 heterocycles. The molecular weight excluding hydrogens is 393 g/mol. The highest BCUT2D eigenvalue weighted by Gasteiger charge is 2.56. The molecular formula is C21H22FN3O5. The number of halogens is 1. The van der Waals surface area contributed by atoms with Crippen molar-refractivity contribution in [1.82, 2.24) is 10.0 Å². The zero-order valence-corrected chi connectivity index (χ0v) is 16.5. The fourth-order valence-corrected chi connectivity index (χ4v) is 4.21. The molecule has 0 aliphatic carbocycles. The summed E-state index contributed by atoms with van der Waals surface area (Å²) in [6.45, 7) is 3.53. The number of nitrogens with zero attached hydrogens (tertiary/aromatic N) is 2. The van der Waals surface area contributed by atoms with E-state index in [0.717, 1.165) is 10.0 Å². The summed E-state index contributed by atoms with van der Waals surface area (Å²) in [5, 5.41) is 12.2. The molecule has 1 saturated heterocycles. The number of carbonyl (C=O) groups excluding carboxylic acids is 2. The van der Waals surface area contributed by atoms with Crippen molar-refractivity contribution in [3.63, 3.8) is 0 Å². The number of hydrogen-bond acceptors (Lipinski definition) is 5. The topological polar surface area (TPSA) is 105 Å². The summed E-state index contributed by atoms with van der Waals surface area (Å²) in [6, 6.07) is 8.04. The molecule has 3 amide bonds. The Labute approximate surface area is 172 Å². The minimum atomic E-state index is -0.884. The summed E-state index contributed by atoms with van der Waals surface area (Å²) in [7, 11) is 0. The summed E-state index contributed by atoms with van der Waals surface area (Å²) in [5.41, 5.74) is 6.66. The van der Waals surface area contributed by atoms with E-state index in [9.17, 15) is 19.1 Å². The number of aromatic hydroxyl groups is 1. The number of nitrogens with two attached hydrogens (primary N) is 1. The Morgan fingerprint density at radius 1 is 1.20 bits per heavy atom. The Morgan fingerprint density at radius 3 is 2.63 bits per heavy atom. The van der Waals surface area contributed by atoms with E-state index in [4.69, 9.17) is 15.2 Å². The van der Waals surface area contributed by atoms with E-state index in [1.807, 2.05) is 0 Å². The zero-order chi connectivity index (χ0) is 21.6. The third kappa shape index (κ3) is 3.26. The Hall–Kier alpha value is -3.49. The normalized spacial score (nSPS) is 22.3. The SMILES string of the molecule is CC(C)OC(=O)N1[C@H](c2cccc(O)c2)[C@H]2COc3ccc(F)cc3C2N1C(N)=O. The number of hydrogen-bond donors (Lipinski definition) is 2. The minimum Gasteiger partial charge on any atom is -0.508 e. The van der Waals surface area contributed by atoms with Crippen LogP contribution in [-0.2, 0) is 4.74 Å². The van der Waals surface area contributed by atoms with Crippen molar-refractivity contribution in [2.75, 3.05) is 6.61 Å². The van der Waals surface area contributed by atoms with E-state index in [2.05, 4.69) is 0 Å². The average molecular weight is 415 g/mol. The van der Waals surface area contributed by atoms with Crippen LogP contribution in [0.25, 0.3) is 0 Å². The molecule has 2 aliphatic rings. The van der Waals surface area contributed by atoms with Crippen LogP contribution < -0.4 is 10.5 Å². The molecule has 2 aromatic carbocycles. The molecule has 0 spiro atoms. The number of carbonyl (C=O) groups is 2. The molecule has 0 aromatic heterocycles. The Bertz CT molecular complexity index is 998. The second-order valence-electron chi connectivity index (χ2n) is 7.60. The number of fused-ring (bicyclic) bond motifs is 3. The third-order valence-corrected chi connectivity index (χ3v) is 5.25. The van der Waals surface area contributed by atoms with Crippen molar-refractivity contribution in [2.24, 2.45) is 11.7 Å². The fourth-order valence-electron chi connectivity index (χ4n) is 4.21. The highest BCUT2D eigenvalue weighted by Crippen LogP contribution is 2.53. The monoisotopic (exact) mass is 415 g/mol. The van der Waals surface area contributed by atoms with Gasteiger partial charge in [-0.3, -0.25) is 0 Å². The van der Waals surface area contributed by atoms with Gasteiger partial charge in [0.25, 0.3) is 0 Å². The lowest BCUT2D eigenvalue weighted by Gasteiger charge is -2.33. The molecule has 4 rings (SSSR count). The highest BCUT2D eigenvalue weighted by atomic mass is 19.1. The van der Waals surface area contributed by atoms with Crippen molar-refractivity contribution < 1.29 is 28.6 Å². The molecule has 1 fully saturated rings. The first-order valence-electron chi connectivity index (χ1n) is 9.57. The summed E-state index contributed by atoms with van der Waals surface area (Å²) in [6.07, 6.45) is -1.22. The Morgan fingerprint density at radius 2 is 1.97 bits per heavy atom. The molecule has 9 heteroatoms. The van der Waals surface area contributed by atoms with Crippen LogP contribution in [0.1, 0.15) is 37.1 Å². The molecule has 8 nitrogen and oxygen atoms in total. The van der Waals surface area contributed by atoms with Gasteiger partial charge in [-0.2, -0.15) is 0 Å². The summed E-state index contributed by atoms with van der Waals surface area (Å²) >= 11 is 0. The molecule has 2 aliphatic heterocycles. The third-order valence-electron chi connectivity index (χ3n) is 5.25. The predicted molar refractivity (Wildman–Crippen MR) is 104 cm³/mol. The van der Waals surface area contributed by atoms with Crippen LogP contribution in [0.4, 0.5) is 14.0 Å². The minimum absolute atomic E-state index is 0.00178. The van der Waals surface area contributed by atoms with E-state index >= 15 is 0 Å². The maximum atomic E-state index is 14.1. The van der Waals surface area contributed by atoms with Crippen molar-refractivity contribution in [2.45, 2.75) is 32.0 Å². The predicted octanol–water partition coefficient (Wildman–Crippen LogP) is 3.48. The maximum Gasteiger partial charge on any atom is 0.429 e. The highest BCUT2D eigenvalue weighted by molar-refractivity contribution is 5.79. The standard InChI is InChI=1S/C21H22FN3O5/c1-11(2)30-21(28)25-18(12-4-3-5-14(26)8-12)16-10-29-17-7-6-13(22)9-15(17)19(16)24(25)20(23)27/h3-9,11,16,18-19,26H,10H2,1-2H3,(H2,23,27)/t16-,18-,19?/m1/s1. The van der Waals surface area contributed by atoms with Crippen LogP contribution >= 0.6 is 0 Å². The van der Waals surface area contributed by atoms with Crippen LogP contribution in [0, 0.1) is 11.7 Å². The zero-order valence-electron chi connectivity index (χ0n) is 16.5. The number of ether oxygens (including phenoxy) is 2. The lowest BCUT2D eigenvalue weighted by atomic mass is 9.84. The number of rotatable bonds is 2. The van der Waals surface area contributed by atoms with Crippen LogP contribution in [-0.4, -0.2) is 40.0 Å². The van der Waals surface area contributed by atoms with E-state index in [-0.39, 0.29) is 12.4 Å². The van der Waals surface area contributed by atoms with Crippen LogP contribution in [0.15, 0.2) is 42.5 Å². The van der Waals surface area contributed by atoms with Gasteiger partial charge in [0.15, 0.2) is 0 Å². The van der Waals surface area contributed by atoms with E-state index in [1.54, 1.807) is 26.0 Å². The van der Waals surface area contributed by atoms with Gasteiger partial charge in [-0.15, -0.1) is 0 Å². The van der Waals surface area contributed by atoms with Crippen LogP contribution in [0.5, 0.6) is 11.5 Å². The van der Waals surface area contributed by atoms with Gasteiger partial charge < -0.3 is 20.3 Å². The molecule has 0 radical (unpaired) electrons. The Kier molecular flexibility index (Phi) is 4.89. The lowest BCUT2D eigenvalue weighted by Crippen LogP contribution is -2.49. The summed E-state index contributed by atoms with van der Waals surface area (Å²) in [5.74, 6) is -0.549. The molecule has 2 aromatic rings. The van der Waals surface area contributed by atoms with Crippen molar-refractivity contribution >= 4 is 12.1 Å². The van der Waals surface area contributed by atoms with Gasteiger partial charge in [-0.1, -0.05) is 12.1 Å². The smallest absolute Gasteiger partial charge is 0.429 e. The quantitative estimate of drug-likeness (QED) is 0.781. The number of phenolic OH excluding ortho intramolecular Hbond substituents is 1. The van der Waals surface area contributed by atoms with Gasteiger partial charge in [0.2, 0.25) is 0 Å². The molecule has 30 heavy (non-hydrogen) atoms. The number of phenols is 1. The van der Waals surface area contributed by atoms with Gasteiger partial charge in [0.1, 0.15) is 17.3 Å². The largest absolute Gasteiger partial charge is 0.508 e. The number of amides is 3. The molecule has 1 unspecified atom stereocenters. The number of urea groups is 1. The first kappa shape index (κ1) is 19.8. The molecule has 3 atom stereocenters. The van der Waals surface area contributed by atoms with Gasteiger partial charge in [-0.05, 0) is 49.7 Å². The first-order valence-corrected chi connectivity index (χ1v) is 9.57. The molecule has 0 saturated carbocycles. The number of benzene rings is 2. The number of primary amides is 1. The second-order valence-corrected chi connectivity index (χ2v) is 7.60. The summed E-state index contributed by atoms with van der Waals surface area (Å²) < 4.78 is 25.3. The first-order chi connectivity index (χ1) is 14.3. The van der Waals surface area contributed by atoms with Crippen LogP contribution in [0.2, 0.25) is 0 Å². The molecule has 0 bridgehead atoms. The average Bonchev–Trinajstić information content (AvgIpc) is 3.03. The molecule has 158 valence electrons. The number of hydrazine groups is 1. The van der Waals surface area contributed by atoms with Crippen molar-refractivity contribution in [3.8, 4) is 11.5 Å². The van der Waals surface area contributed by atoms with Gasteiger partial charge >= 0.3 is 12.1 Å². The maximum absolute atomic E-state index is 14.1. The van der Waals surface area contributed by atoms with E-state index < -0.39 is 42.0 Å². The van der Waals surface area contributed by atoms with E-state index in [0.29, 0.717) is 16.9 Å². The second kappa shape index (κ2) is 7.40. The lowest BCUT2D eigenvalue weighted by molar-refractivity contribution is -0.00599. The van der Waals surface area contributed by atoms with E-state index in [1.165, 1.54) is 30.3 Å². The summed E-state index contributed by atoms with van der Waals surface area (Å²) in [4.78, 5) is 25.5. The van der Waals surface area contributed by atoms with Crippen molar-refractivity contribution in [3.05, 3.63) is 59.4 Å². The van der Waals surface area contributed by atoms with Crippen LogP contribution in [0.3, 0.4) is 0 Å². The Balaban J connectivity index is 1.89. The van der Waals surface area contributed by atoms with Gasteiger partial charge in [-0.25, -0.2) is 24.0 Å².